The summed E-state index contributed by atoms with van der Waals surface area (Å²) in [5, 5.41) is 0. The zero-order valence-electron chi connectivity index (χ0n) is 16.7. The summed E-state index contributed by atoms with van der Waals surface area (Å²) in [7, 11) is 0. The third-order valence-electron chi connectivity index (χ3n) is 6.76. The van der Waals surface area contributed by atoms with Crippen LogP contribution in [0.3, 0.4) is 0 Å². The molecular weight excluding hydrogens is 340 g/mol. The van der Waals surface area contributed by atoms with Crippen molar-refractivity contribution in [2.45, 2.75) is 84.0 Å². The molecule has 148 valence electrons. The van der Waals surface area contributed by atoms with Crippen molar-refractivity contribution in [2.24, 2.45) is 23.7 Å². The van der Waals surface area contributed by atoms with Crippen molar-refractivity contribution in [3.63, 3.8) is 0 Å². The van der Waals surface area contributed by atoms with Gasteiger partial charge in [-0.3, -0.25) is 0 Å². The zero-order chi connectivity index (χ0) is 19.1. The predicted molar refractivity (Wildman–Crippen MR) is 106 cm³/mol. The Morgan fingerprint density at radius 3 is 2.26 bits per heavy atom. The average molecular weight is 374 g/mol. The van der Waals surface area contributed by atoms with E-state index in [1.54, 1.807) is 0 Å². The van der Waals surface area contributed by atoms with Crippen molar-refractivity contribution in [2.75, 3.05) is 0 Å². The molecule has 2 saturated carbocycles. The largest absolute Gasteiger partial charge is 0.248 e. The van der Waals surface area contributed by atoms with Crippen LogP contribution < -0.4 is 0 Å². The Kier molecular flexibility index (Phi) is 7.68. The zero-order valence-corrected chi connectivity index (χ0v) is 16.7. The molecule has 2 aliphatic carbocycles. The van der Waals surface area contributed by atoms with E-state index in [-0.39, 0.29) is 0 Å². The molecule has 0 aliphatic heterocycles. The van der Waals surface area contributed by atoms with E-state index < -0.39 is 11.8 Å². The second-order valence-corrected chi connectivity index (χ2v) is 8.65. The fourth-order valence-corrected chi connectivity index (χ4v) is 5.04. The lowest BCUT2D eigenvalue weighted by molar-refractivity contribution is 0.153. The first kappa shape index (κ1) is 20.3. The van der Waals surface area contributed by atoms with Crippen LogP contribution in [-0.4, -0.2) is 4.98 Å². The van der Waals surface area contributed by atoms with Crippen LogP contribution in [-0.2, 0) is 0 Å². The Balaban J connectivity index is 1.41. The molecule has 1 heterocycles. The van der Waals surface area contributed by atoms with Crippen molar-refractivity contribution >= 4 is 0 Å². The van der Waals surface area contributed by atoms with Gasteiger partial charge in [-0.15, -0.1) is 0 Å². The smallest absolute Gasteiger partial charge is 0.224 e. The minimum atomic E-state index is -1.05. The maximum Gasteiger partial charge on any atom is 0.248 e. The first-order chi connectivity index (χ1) is 13.2. The number of pyridine rings is 1. The number of halogens is 2. The van der Waals surface area contributed by atoms with Crippen LogP contribution in [0.2, 0.25) is 0 Å². The van der Waals surface area contributed by atoms with Gasteiger partial charge in [0.1, 0.15) is 0 Å². The van der Waals surface area contributed by atoms with Crippen molar-refractivity contribution in [3.8, 4) is 11.8 Å². The van der Waals surface area contributed by atoms with E-state index >= 15 is 0 Å². The third kappa shape index (κ3) is 6.03. The topological polar surface area (TPSA) is 12.9 Å². The van der Waals surface area contributed by atoms with Gasteiger partial charge in [0.2, 0.25) is 5.95 Å². The van der Waals surface area contributed by atoms with Crippen LogP contribution in [0, 0.1) is 47.3 Å². The molecule has 0 spiro atoms. The maximum absolute atomic E-state index is 13.2. The molecular formula is C24H33F2N. The molecule has 1 nitrogen and oxygen atoms in total. The van der Waals surface area contributed by atoms with E-state index in [4.69, 9.17) is 0 Å². The molecule has 0 unspecified atom stereocenters. The summed E-state index contributed by atoms with van der Waals surface area (Å²) >= 11 is 0. The summed E-state index contributed by atoms with van der Waals surface area (Å²) in [4.78, 5) is 3.40. The predicted octanol–water partition coefficient (Wildman–Crippen LogP) is 6.90. The first-order valence-electron chi connectivity index (χ1n) is 11.0. The van der Waals surface area contributed by atoms with E-state index in [9.17, 15) is 8.78 Å². The second-order valence-electron chi connectivity index (χ2n) is 8.65. The number of hydrogen-bond acceptors (Lipinski definition) is 1. The van der Waals surface area contributed by atoms with E-state index in [0.717, 1.165) is 36.7 Å². The van der Waals surface area contributed by atoms with Crippen LogP contribution in [0.1, 0.15) is 89.5 Å². The molecule has 2 aliphatic rings. The van der Waals surface area contributed by atoms with Crippen LogP contribution >= 0.6 is 0 Å². The molecule has 3 rings (SSSR count). The number of unbranched alkanes of at least 4 members (excludes halogenated alkanes) is 2. The number of hydrogen-bond donors (Lipinski definition) is 0. The second kappa shape index (κ2) is 10.2. The molecule has 0 aromatic carbocycles. The Labute approximate surface area is 163 Å². The normalized spacial score (nSPS) is 28.4. The lowest BCUT2D eigenvalue weighted by atomic mass is 9.69. The van der Waals surface area contributed by atoms with Crippen molar-refractivity contribution in [1.29, 1.82) is 0 Å². The molecule has 0 atom stereocenters. The highest BCUT2D eigenvalue weighted by Gasteiger charge is 2.30. The van der Waals surface area contributed by atoms with Gasteiger partial charge in [0.25, 0.3) is 0 Å². The molecule has 3 heteroatoms. The van der Waals surface area contributed by atoms with Gasteiger partial charge in [-0.2, -0.15) is 4.39 Å². The Hall–Kier alpha value is -1.43. The highest BCUT2D eigenvalue weighted by molar-refractivity contribution is 5.32. The van der Waals surface area contributed by atoms with Crippen LogP contribution in [0.4, 0.5) is 8.78 Å². The minimum absolute atomic E-state index is 0.389. The molecule has 0 N–H and O–H groups in total. The summed E-state index contributed by atoms with van der Waals surface area (Å²) in [5.74, 6) is 7.46. The van der Waals surface area contributed by atoms with E-state index in [1.165, 1.54) is 70.4 Å². The lowest BCUT2D eigenvalue weighted by Crippen LogP contribution is -2.25. The van der Waals surface area contributed by atoms with Gasteiger partial charge in [-0.1, -0.05) is 57.3 Å². The molecule has 0 amide bonds. The van der Waals surface area contributed by atoms with Gasteiger partial charge in [-0.25, -0.2) is 9.37 Å². The van der Waals surface area contributed by atoms with E-state index in [0.29, 0.717) is 11.5 Å². The van der Waals surface area contributed by atoms with Gasteiger partial charge < -0.3 is 0 Å². The molecule has 1 aromatic rings. The van der Waals surface area contributed by atoms with Gasteiger partial charge in [0.05, 0.1) is 0 Å². The molecule has 0 saturated heterocycles. The quantitative estimate of drug-likeness (QED) is 0.311. The lowest BCUT2D eigenvalue weighted by Gasteiger charge is -2.37. The van der Waals surface area contributed by atoms with Crippen LogP contribution in [0.25, 0.3) is 0 Å². The minimum Gasteiger partial charge on any atom is -0.224 e. The van der Waals surface area contributed by atoms with E-state index in [2.05, 4.69) is 23.7 Å². The van der Waals surface area contributed by atoms with Crippen molar-refractivity contribution in [1.82, 2.24) is 4.98 Å². The summed E-state index contributed by atoms with van der Waals surface area (Å²) in [6.07, 6.45) is 17.5. The van der Waals surface area contributed by atoms with Crippen molar-refractivity contribution < 1.29 is 8.78 Å². The third-order valence-corrected chi connectivity index (χ3v) is 6.76. The van der Waals surface area contributed by atoms with E-state index in [1.807, 2.05) is 0 Å². The number of nitrogens with zero attached hydrogens (tertiary/aromatic N) is 1. The average Bonchev–Trinajstić information content (AvgIpc) is 2.70. The number of rotatable bonds is 5. The Bertz CT molecular complexity index is 644. The Morgan fingerprint density at radius 1 is 0.963 bits per heavy atom. The molecule has 2 fully saturated rings. The summed E-state index contributed by atoms with van der Waals surface area (Å²) < 4.78 is 26.1. The monoisotopic (exact) mass is 373 g/mol. The SMILES string of the molecule is CCCCC[C@H]1CC[C@H](C2CCC(C#Cc3cnc(F)c(F)c3)CC2)CC1. The van der Waals surface area contributed by atoms with Crippen molar-refractivity contribution in [3.05, 3.63) is 29.6 Å². The highest BCUT2D eigenvalue weighted by Crippen LogP contribution is 2.42. The summed E-state index contributed by atoms with van der Waals surface area (Å²) in [6.45, 7) is 2.28. The van der Waals surface area contributed by atoms with Gasteiger partial charge in [0.15, 0.2) is 5.82 Å². The standard InChI is InChI=1S/C24H33F2N/c1-2-3-4-5-18-8-12-21(13-9-18)22-14-10-19(11-15-22)6-7-20-16-23(25)24(26)27-17-20/h16-19,21-22H,2-5,8-15H2,1H3/t18-,19?,21-,22?. The van der Waals surface area contributed by atoms with Crippen LogP contribution in [0.5, 0.6) is 0 Å². The first-order valence-corrected chi connectivity index (χ1v) is 11.0. The van der Waals surface area contributed by atoms with Gasteiger partial charge in [0, 0.05) is 17.7 Å². The number of aromatic nitrogens is 1. The molecule has 0 radical (unpaired) electrons. The maximum atomic E-state index is 13.2. The van der Waals surface area contributed by atoms with Gasteiger partial charge >= 0.3 is 0 Å². The molecule has 1 aromatic heterocycles. The summed E-state index contributed by atoms with van der Waals surface area (Å²) in [5.41, 5.74) is 0.470. The van der Waals surface area contributed by atoms with Crippen LogP contribution in [0.15, 0.2) is 12.3 Å². The molecule has 0 bridgehead atoms. The fourth-order valence-electron chi connectivity index (χ4n) is 5.04. The summed E-state index contributed by atoms with van der Waals surface area (Å²) in [6, 6.07) is 1.14. The Morgan fingerprint density at radius 2 is 1.63 bits per heavy atom. The highest BCUT2D eigenvalue weighted by atomic mass is 19.2. The molecule has 27 heavy (non-hydrogen) atoms. The fraction of sp³-hybridized carbons (Fsp3) is 0.708. The van der Waals surface area contributed by atoms with Gasteiger partial charge in [-0.05, 0) is 62.3 Å².